The number of nitrogens with one attached hydrogen (secondary N) is 1. The molecule has 134 valence electrons. The van der Waals surface area contributed by atoms with Gasteiger partial charge in [0.2, 0.25) is 0 Å². The first-order valence-corrected chi connectivity index (χ1v) is 8.36. The number of carbonyl (C=O) groups is 1. The second-order valence-corrected chi connectivity index (χ2v) is 6.07. The summed E-state index contributed by atoms with van der Waals surface area (Å²) in [7, 11) is 3.06. The maximum atomic E-state index is 12.5. The number of methoxy groups -OCH3 is 2. The van der Waals surface area contributed by atoms with Crippen LogP contribution in [0.25, 0.3) is 11.3 Å². The van der Waals surface area contributed by atoms with Gasteiger partial charge in [0.25, 0.3) is 5.91 Å². The van der Waals surface area contributed by atoms with Crippen LogP contribution in [0, 0.1) is 0 Å². The summed E-state index contributed by atoms with van der Waals surface area (Å²) < 4.78 is 16.0. The van der Waals surface area contributed by atoms with E-state index in [1.807, 2.05) is 0 Å². The second kappa shape index (κ2) is 7.72. The molecule has 0 radical (unpaired) electrons. The Morgan fingerprint density at radius 2 is 1.85 bits per heavy atom. The SMILES string of the molecule is COc1ccc(NC(=O)c2ccc(-c3cccc(Cl)c3Cl)o2)c(OC)c1. The lowest BCUT2D eigenvalue weighted by atomic mass is 10.2. The average molecular weight is 392 g/mol. The number of hydrogen-bond acceptors (Lipinski definition) is 4. The van der Waals surface area contributed by atoms with Gasteiger partial charge in [-0.15, -0.1) is 0 Å². The predicted molar refractivity (Wildman–Crippen MR) is 102 cm³/mol. The third-order valence-electron chi connectivity index (χ3n) is 3.70. The van der Waals surface area contributed by atoms with Crippen LogP contribution in [0.3, 0.4) is 0 Å². The first-order chi connectivity index (χ1) is 12.5. The minimum Gasteiger partial charge on any atom is -0.497 e. The highest BCUT2D eigenvalue weighted by molar-refractivity contribution is 6.43. The van der Waals surface area contributed by atoms with Crippen molar-refractivity contribution in [3.05, 3.63) is 64.3 Å². The number of halogens is 2. The number of ether oxygens (including phenoxy) is 2. The standard InChI is InChI=1S/C19H15Cl2NO4/c1-24-11-6-7-14(17(10-11)25-2)22-19(23)16-9-8-15(26-16)12-4-3-5-13(20)18(12)21/h3-10H,1-2H3,(H,22,23). The van der Waals surface area contributed by atoms with Crippen molar-refractivity contribution in [3.8, 4) is 22.8 Å². The fraction of sp³-hybridized carbons (Fsp3) is 0.105. The van der Waals surface area contributed by atoms with Crippen LogP contribution in [0.15, 0.2) is 52.9 Å². The van der Waals surface area contributed by atoms with Gasteiger partial charge in [-0.3, -0.25) is 4.79 Å². The molecule has 1 heterocycles. The topological polar surface area (TPSA) is 60.7 Å². The largest absolute Gasteiger partial charge is 0.497 e. The summed E-state index contributed by atoms with van der Waals surface area (Å²) in [6.07, 6.45) is 0. The fourth-order valence-electron chi connectivity index (χ4n) is 2.38. The summed E-state index contributed by atoms with van der Waals surface area (Å²) >= 11 is 12.2. The number of anilines is 1. The van der Waals surface area contributed by atoms with Gasteiger partial charge in [0, 0.05) is 11.6 Å². The van der Waals surface area contributed by atoms with E-state index in [0.29, 0.717) is 38.6 Å². The first-order valence-electron chi connectivity index (χ1n) is 7.61. The van der Waals surface area contributed by atoms with Crippen LogP contribution >= 0.6 is 23.2 Å². The lowest BCUT2D eigenvalue weighted by Crippen LogP contribution is -2.11. The number of rotatable bonds is 5. The normalized spacial score (nSPS) is 10.5. The van der Waals surface area contributed by atoms with Crippen LogP contribution in [0.5, 0.6) is 11.5 Å². The molecule has 0 atom stereocenters. The van der Waals surface area contributed by atoms with Gasteiger partial charge in [0.15, 0.2) is 5.76 Å². The molecular weight excluding hydrogens is 377 g/mol. The number of benzene rings is 2. The molecule has 0 aliphatic rings. The smallest absolute Gasteiger partial charge is 0.291 e. The Morgan fingerprint density at radius 1 is 1.04 bits per heavy atom. The molecule has 3 rings (SSSR count). The highest BCUT2D eigenvalue weighted by Gasteiger charge is 2.17. The van der Waals surface area contributed by atoms with Crippen molar-refractivity contribution >= 4 is 34.8 Å². The van der Waals surface area contributed by atoms with E-state index in [2.05, 4.69) is 5.32 Å². The maximum Gasteiger partial charge on any atom is 0.291 e. The predicted octanol–water partition coefficient (Wildman–Crippen LogP) is 5.52. The van der Waals surface area contributed by atoms with Crippen LogP contribution in [0.1, 0.15) is 10.6 Å². The molecule has 0 unspecified atom stereocenters. The zero-order valence-corrected chi connectivity index (χ0v) is 15.5. The Morgan fingerprint density at radius 3 is 2.58 bits per heavy atom. The molecule has 2 aromatic carbocycles. The molecule has 0 aliphatic heterocycles. The fourth-order valence-corrected chi connectivity index (χ4v) is 2.78. The summed E-state index contributed by atoms with van der Waals surface area (Å²) in [5, 5.41) is 3.53. The van der Waals surface area contributed by atoms with Crippen LogP contribution in [-0.4, -0.2) is 20.1 Å². The molecule has 1 aromatic heterocycles. The number of amides is 1. The van der Waals surface area contributed by atoms with Crippen LogP contribution in [0.4, 0.5) is 5.69 Å². The van der Waals surface area contributed by atoms with E-state index in [4.69, 9.17) is 37.1 Å². The molecule has 26 heavy (non-hydrogen) atoms. The minimum absolute atomic E-state index is 0.133. The molecule has 7 heteroatoms. The molecule has 0 aliphatic carbocycles. The quantitative estimate of drug-likeness (QED) is 0.621. The monoisotopic (exact) mass is 391 g/mol. The lowest BCUT2D eigenvalue weighted by Gasteiger charge is -2.10. The van der Waals surface area contributed by atoms with E-state index in [0.717, 1.165) is 0 Å². The van der Waals surface area contributed by atoms with Crippen molar-refractivity contribution in [1.29, 1.82) is 0 Å². The zero-order valence-electron chi connectivity index (χ0n) is 14.0. The number of hydrogen-bond donors (Lipinski definition) is 1. The van der Waals surface area contributed by atoms with E-state index in [1.165, 1.54) is 7.11 Å². The van der Waals surface area contributed by atoms with Crippen molar-refractivity contribution in [1.82, 2.24) is 0 Å². The third kappa shape index (κ3) is 3.64. The summed E-state index contributed by atoms with van der Waals surface area (Å²) in [5.74, 6) is 1.26. The van der Waals surface area contributed by atoms with Gasteiger partial charge in [0.1, 0.15) is 17.3 Å². The van der Waals surface area contributed by atoms with Gasteiger partial charge in [-0.1, -0.05) is 29.3 Å². The second-order valence-electron chi connectivity index (χ2n) is 5.29. The van der Waals surface area contributed by atoms with E-state index >= 15 is 0 Å². The van der Waals surface area contributed by atoms with Crippen molar-refractivity contribution in [2.75, 3.05) is 19.5 Å². The molecule has 5 nitrogen and oxygen atoms in total. The highest BCUT2D eigenvalue weighted by Crippen LogP contribution is 2.35. The van der Waals surface area contributed by atoms with E-state index in [9.17, 15) is 4.79 Å². The Bertz CT molecular complexity index is 952. The average Bonchev–Trinajstić information content (AvgIpc) is 3.14. The molecule has 0 saturated heterocycles. The van der Waals surface area contributed by atoms with E-state index < -0.39 is 5.91 Å². The molecule has 0 saturated carbocycles. The minimum atomic E-state index is -0.419. The van der Waals surface area contributed by atoms with Crippen molar-refractivity contribution in [2.45, 2.75) is 0 Å². The van der Waals surface area contributed by atoms with Gasteiger partial charge in [-0.25, -0.2) is 0 Å². The number of furan rings is 1. The molecule has 0 fully saturated rings. The van der Waals surface area contributed by atoms with Crippen molar-refractivity contribution in [3.63, 3.8) is 0 Å². The molecule has 1 amide bonds. The summed E-state index contributed by atoms with van der Waals surface area (Å²) in [4.78, 5) is 12.5. The summed E-state index contributed by atoms with van der Waals surface area (Å²) in [6.45, 7) is 0. The van der Waals surface area contributed by atoms with Gasteiger partial charge >= 0.3 is 0 Å². The van der Waals surface area contributed by atoms with Crippen molar-refractivity contribution < 1.29 is 18.7 Å². The Labute approximate surface area is 160 Å². The first kappa shape index (κ1) is 18.2. The van der Waals surface area contributed by atoms with Crippen LogP contribution in [0.2, 0.25) is 10.0 Å². The Hall–Kier alpha value is -2.63. The van der Waals surface area contributed by atoms with Crippen molar-refractivity contribution in [2.24, 2.45) is 0 Å². The molecule has 0 spiro atoms. The molecule has 3 aromatic rings. The lowest BCUT2D eigenvalue weighted by molar-refractivity contribution is 0.0997. The number of carbonyl (C=O) groups excluding carboxylic acids is 1. The van der Waals surface area contributed by atoms with Gasteiger partial charge < -0.3 is 19.2 Å². The summed E-state index contributed by atoms with van der Waals surface area (Å²) in [6, 6.07) is 13.5. The van der Waals surface area contributed by atoms with Gasteiger partial charge in [0.05, 0.1) is 30.0 Å². The molecule has 0 bridgehead atoms. The maximum absolute atomic E-state index is 12.5. The summed E-state index contributed by atoms with van der Waals surface area (Å²) in [5.41, 5.74) is 1.11. The van der Waals surface area contributed by atoms with Crippen LogP contribution in [-0.2, 0) is 0 Å². The van der Waals surface area contributed by atoms with Gasteiger partial charge in [-0.05, 0) is 36.4 Å². The highest BCUT2D eigenvalue weighted by atomic mass is 35.5. The van der Waals surface area contributed by atoms with E-state index in [-0.39, 0.29) is 5.76 Å². The Kier molecular flexibility index (Phi) is 5.40. The van der Waals surface area contributed by atoms with Gasteiger partial charge in [-0.2, -0.15) is 0 Å². The van der Waals surface area contributed by atoms with Crippen LogP contribution < -0.4 is 14.8 Å². The zero-order chi connectivity index (χ0) is 18.7. The molecular formula is C19H15Cl2NO4. The third-order valence-corrected chi connectivity index (χ3v) is 4.52. The Balaban J connectivity index is 1.84. The van der Waals surface area contributed by atoms with E-state index in [1.54, 1.807) is 55.6 Å². The molecule has 1 N–H and O–H groups in total.